The number of carboxylic acid groups (broad SMARTS) is 1. The highest BCUT2D eigenvalue weighted by atomic mass is 32.2. The number of aromatic amines is 1. The van der Waals surface area contributed by atoms with Crippen molar-refractivity contribution in [2.24, 2.45) is 11.8 Å². The van der Waals surface area contributed by atoms with E-state index in [1.807, 2.05) is 0 Å². The fourth-order valence-corrected chi connectivity index (χ4v) is 8.78. The van der Waals surface area contributed by atoms with Crippen LogP contribution in [0.15, 0.2) is 29.3 Å². The Morgan fingerprint density at radius 1 is 0.871 bits per heavy atom. The number of nitrogens with zero attached hydrogens (tertiary/aromatic N) is 1. The van der Waals surface area contributed by atoms with Crippen LogP contribution in [-0.4, -0.2) is 169 Å². The van der Waals surface area contributed by atoms with Crippen molar-refractivity contribution in [2.75, 3.05) is 32.0 Å². The van der Waals surface area contributed by atoms with E-state index in [0.29, 0.717) is 27.9 Å². The Morgan fingerprint density at radius 2 is 1.55 bits per heavy atom. The van der Waals surface area contributed by atoms with Gasteiger partial charge in [-0.15, -0.1) is 11.8 Å². The smallest absolute Gasteiger partial charge is 0.305 e. The van der Waals surface area contributed by atoms with Gasteiger partial charge in [-0.3, -0.25) is 43.7 Å². The number of H-pyrrole nitrogens is 1. The summed E-state index contributed by atoms with van der Waals surface area (Å²) in [6.45, 7) is 2.29. The minimum Gasteiger partial charge on any atom is -0.481 e. The number of thioether (sulfide) groups is 1. The molecule has 13 N–H and O–H groups in total. The van der Waals surface area contributed by atoms with Crippen LogP contribution < -0.4 is 37.2 Å². The van der Waals surface area contributed by atoms with Gasteiger partial charge in [0.1, 0.15) is 30.4 Å². The van der Waals surface area contributed by atoms with E-state index < -0.39 is 147 Å². The maximum absolute atomic E-state index is 14.4. The summed E-state index contributed by atoms with van der Waals surface area (Å²) in [5, 5.41) is 71.6. The Kier molecular flexibility index (Phi) is 16.3. The molecule has 0 saturated carbocycles. The number of aliphatic carboxylic acids is 1. The van der Waals surface area contributed by atoms with Crippen molar-refractivity contribution >= 4 is 70.0 Å². The van der Waals surface area contributed by atoms with Crippen LogP contribution in [0.25, 0.3) is 10.9 Å². The maximum Gasteiger partial charge on any atom is 0.305 e. The average Bonchev–Trinajstić information content (AvgIpc) is 3.81. The van der Waals surface area contributed by atoms with E-state index in [2.05, 4.69) is 42.2 Å². The average molecular weight is 890 g/mol. The van der Waals surface area contributed by atoms with E-state index >= 15 is 0 Å². The Bertz CT molecular complexity index is 2020. The fourth-order valence-electron chi connectivity index (χ4n) is 7.66. The van der Waals surface area contributed by atoms with E-state index in [0.717, 1.165) is 16.7 Å². The van der Waals surface area contributed by atoms with Crippen molar-refractivity contribution in [3.05, 3.63) is 29.8 Å². The number of benzene rings is 1. The first-order chi connectivity index (χ1) is 29.4. The number of para-hydroxylation sites is 1. The predicted octanol–water partition coefficient (Wildman–Crippen LogP) is -4.25. The van der Waals surface area contributed by atoms with Gasteiger partial charge in [0.15, 0.2) is 0 Å². The third-order valence-corrected chi connectivity index (χ3v) is 12.6. The molecule has 0 spiro atoms. The minimum absolute atomic E-state index is 0.253. The molecule has 7 amide bonds. The number of aliphatic hydroxyl groups is 4. The van der Waals surface area contributed by atoms with Crippen LogP contribution in [-0.2, 0) is 44.8 Å². The molecule has 2 bridgehead atoms. The largest absolute Gasteiger partial charge is 0.481 e. The second-order valence-electron chi connectivity index (χ2n) is 15.8. The van der Waals surface area contributed by atoms with Crippen molar-refractivity contribution < 1.29 is 63.9 Å². The third kappa shape index (κ3) is 11.6. The molecule has 4 heterocycles. The van der Waals surface area contributed by atoms with Crippen molar-refractivity contribution in [2.45, 2.75) is 106 Å². The normalized spacial score (nSPS) is 29.1. The standard InChI is InChI=1S/C39H55N9O13S/c1-4-17(2)31-36(59)41-12-28(52)42-25-16-62-38-21(20-7-5-6-8-22(20)45-38)10-23(33(56)40-13-29(53)46-31)43-37(60)32(18(3)27(51)15-49)47-35(58)26-9-19(50)14-48(26)39(61)24(11-30(54)55)44-34(25)57/h5-8,17-19,23-27,31-32,35,45,47,49-51,58H,4,9-16H2,1-3H3,(H,40,56)(H,41,59)(H,42,52)(H,43,60)(H,44,57)(H,46,53)(H,54,55)/t17-,18?,19?,23?,24?,25?,26-,27-,31-,32-,35?/m0/s1. The quantitative estimate of drug-likeness (QED) is 0.125. The lowest BCUT2D eigenvalue weighted by atomic mass is 9.93. The molecule has 5 rings (SSSR count). The molecular formula is C39H55N9O13S. The van der Waals surface area contributed by atoms with Gasteiger partial charge in [0, 0.05) is 35.5 Å². The number of carbonyl (C=O) groups excluding carboxylic acids is 7. The number of nitrogens with one attached hydrogen (secondary N) is 8. The van der Waals surface area contributed by atoms with E-state index in [4.69, 9.17) is 0 Å². The van der Waals surface area contributed by atoms with E-state index in [-0.39, 0.29) is 18.6 Å². The number of carboxylic acids is 1. The number of carbonyl (C=O) groups is 8. The summed E-state index contributed by atoms with van der Waals surface area (Å²) in [7, 11) is 0. The molecular weight excluding hydrogens is 835 g/mol. The monoisotopic (exact) mass is 889 g/mol. The molecule has 62 heavy (non-hydrogen) atoms. The van der Waals surface area contributed by atoms with Gasteiger partial charge < -0.3 is 67.3 Å². The topological polar surface area (TPSA) is 341 Å². The highest BCUT2D eigenvalue weighted by Crippen LogP contribution is 2.32. The Labute approximate surface area is 360 Å². The maximum atomic E-state index is 14.4. The van der Waals surface area contributed by atoms with Crippen LogP contribution in [0.5, 0.6) is 0 Å². The number of hydrogen-bond acceptors (Lipinski definition) is 14. The first-order valence-corrected chi connectivity index (χ1v) is 21.3. The van der Waals surface area contributed by atoms with Crippen LogP contribution in [0.1, 0.15) is 45.6 Å². The van der Waals surface area contributed by atoms with Crippen LogP contribution in [0.2, 0.25) is 0 Å². The number of aromatic nitrogens is 1. The summed E-state index contributed by atoms with van der Waals surface area (Å²) < 4.78 is 0. The van der Waals surface area contributed by atoms with Gasteiger partial charge in [0.25, 0.3) is 0 Å². The molecule has 340 valence electrons. The minimum atomic E-state index is -1.86. The lowest BCUT2D eigenvalue weighted by molar-refractivity contribution is -0.146. The fraction of sp³-hybridized carbons (Fsp3) is 0.590. The van der Waals surface area contributed by atoms with Crippen LogP contribution >= 0.6 is 11.8 Å². The van der Waals surface area contributed by atoms with E-state index in [1.165, 1.54) is 6.92 Å². The van der Waals surface area contributed by atoms with Gasteiger partial charge in [-0.2, -0.15) is 0 Å². The first-order valence-electron chi connectivity index (χ1n) is 20.3. The van der Waals surface area contributed by atoms with Crippen LogP contribution in [0.4, 0.5) is 0 Å². The number of rotatable bonds is 7. The number of fused-ring (bicyclic) bond motifs is 5. The van der Waals surface area contributed by atoms with Crippen LogP contribution in [0, 0.1) is 11.8 Å². The molecule has 1 fully saturated rings. The van der Waals surface area contributed by atoms with Crippen molar-refractivity contribution in [3.63, 3.8) is 0 Å². The zero-order valence-electron chi connectivity index (χ0n) is 34.4. The lowest BCUT2D eigenvalue weighted by Crippen LogP contribution is -2.63. The highest BCUT2D eigenvalue weighted by molar-refractivity contribution is 7.99. The van der Waals surface area contributed by atoms with Gasteiger partial charge in [-0.25, -0.2) is 0 Å². The molecule has 22 nitrogen and oxygen atoms in total. The van der Waals surface area contributed by atoms with Gasteiger partial charge in [0.2, 0.25) is 41.4 Å². The second-order valence-corrected chi connectivity index (χ2v) is 16.9. The van der Waals surface area contributed by atoms with Crippen molar-refractivity contribution in [3.8, 4) is 0 Å². The Morgan fingerprint density at radius 3 is 2.23 bits per heavy atom. The number of hydrogen-bond donors (Lipinski definition) is 13. The number of amides is 7. The molecule has 3 aliphatic heterocycles. The molecule has 23 heteroatoms. The predicted molar refractivity (Wildman–Crippen MR) is 219 cm³/mol. The zero-order valence-corrected chi connectivity index (χ0v) is 35.2. The molecule has 2 aromatic rings. The second kappa shape index (κ2) is 21.2. The van der Waals surface area contributed by atoms with E-state index in [9.17, 15) is 63.9 Å². The van der Waals surface area contributed by atoms with Crippen molar-refractivity contribution in [1.29, 1.82) is 0 Å². The van der Waals surface area contributed by atoms with Gasteiger partial charge in [-0.05, 0) is 24.0 Å². The van der Waals surface area contributed by atoms with Gasteiger partial charge >= 0.3 is 5.97 Å². The summed E-state index contributed by atoms with van der Waals surface area (Å²) in [5.41, 5.74) is 1.03. The molecule has 1 saturated heterocycles. The van der Waals surface area contributed by atoms with Gasteiger partial charge in [-0.1, -0.05) is 45.4 Å². The Hall–Kier alpha value is -5.33. The van der Waals surface area contributed by atoms with Crippen molar-refractivity contribution in [1.82, 2.24) is 47.1 Å². The molecule has 0 radical (unpaired) electrons. The lowest BCUT2D eigenvalue weighted by Gasteiger charge is -2.36. The molecule has 11 atom stereocenters. The zero-order chi connectivity index (χ0) is 45.4. The number of aliphatic hydroxyl groups excluding tert-OH is 4. The molecule has 0 aliphatic carbocycles. The molecule has 6 unspecified atom stereocenters. The summed E-state index contributed by atoms with van der Waals surface area (Å²) in [6, 6.07) is -1.96. The SMILES string of the molecule is CC[C@H](C)[C@@H]1NC(=O)CNC(=O)C2Cc3c([nH]c4ccccc34)SCC(NC(=O)CNC1=O)C(=O)NC(CC(=O)O)C(=O)N1CC(O)C[C@H]1C(O)N[C@@H](C(C)[C@@H](O)CO)C(=O)N2. The highest BCUT2D eigenvalue weighted by Gasteiger charge is 2.45. The third-order valence-electron chi connectivity index (χ3n) is 11.4. The molecule has 3 aliphatic rings. The first kappa shape index (κ1) is 47.7. The summed E-state index contributed by atoms with van der Waals surface area (Å²) in [6.07, 6.45) is -5.75. The molecule has 1 aromatic carbocycles. The van der Waals surface area contributed by atoms with E-state index in [1.54, 1.807) is 38.1 Å². The summed E-state index contributed by atoms with van der Waals surface area (Å²) >= 11 is 1.01. The summed E-state index contributed by atoms with van der Waals surface area (Å²) in [5.74, 6) is -9.62. The summed E-state index contributed by atoms with van der Waals surface area (Å²) in [4.78, 5) is 113. The molecule has 1 aromatic heterocycles. The van der Waals surface area contributed by atoms with Gasteiger partial charge in [0.05, 0.1) is 55.4 Å². The van der Waals surface area contributed by atoms with Crippen LogP contribution in [0.3, 0.4) is 0 Å². The Balaban J connectivity index is 1.68.